The first-order valence-corrected chi connectivity index (χ1v) is 12.8. The molecule has 4 rings (SSSR count). The van der Waals surface area contributed by atoms with Crippen molar-refractivity contribution in [1.29, 1.82) is 0 Å². The molecule has 1 amide bonds. The molecule has 6 N–H and O–H groups in total. The topological polar surface area (TPSA) is 126 Å². The Morgan fingerprint density at radius 3 is 2.46 bits per heavy atom. The number of nitrogens with two attached hydrogens (primary N) is 1. The number of carbonyl (C=O) groups excluding carboxylic acids is 1. The van der Waals surface area contributed by atoms with Gasteiger partial charge in [-0.25, -0.2) is 4.98 Å². The molecule has 0 atom stereocenters. The van der Waals surface area contributed by atoms with Crippen LogP contribution in [0.4, 0.5) is 23.1 Å². The van der Waals surface area contributed by atoms with Crippen LogP contribution >= 0.6 is 23.8 Å². The monoisotopic (exact) mass is 517 g/mol. The quantitative estimate of drug-likeness (QED) is 0.342. The average Bonchev–Trinajstić information content (AvgIpc) is 2.84. The predicted octanol–water partition coefficient (Wildman–Crippen LogP) is 4.29. The molecule has 35 heavy (non-hydrogen) atoms. The molecular weight excluding hydrogens is 486 g/mol. The summed E-state index contributed by atoms with van der Waals surface area (Å²) in [5, 5.41) is 14.5. The van der Waals surface area contributed by atoms with Gasteiger partial charge in [-0.1, -0.05) is 17.7 Å². The van der Waals surface area contributed by atoms with Gasteiger partial charge in [0.05, 0.1) is 6.20 Å². The van der Waals surface area contributed by atoms with E-state index in [1.165, 1.54) is 0 Å². The zero-order valence-corrected chi connectivity index (χ0v) is 21.3. The third kappa shape index (κ3) is 6.93. The number of aromatic nitrogens is 2. The van der Waals surface area contributed by atoms with Crippen molar-refractivity contribution in [2.24, 2.45) is 11.7 Å². The molecule has 2 aliphatic rings. The van der Waals surface area contributed by atoms with E-state index in [9.17, 15) is 4.79 Å². The van der Waals surface area contributed by atoms with Gasteiger partial charge >= 0.3 is 0 Å². The van der Waals surface area contributed by atoms with E-state index < -0.39 is 0 Å². The predicted molar refractivity (Wildman–Crippen MR) is 144 cm³/mol. The van der Waals surface area contributed by atoms with Crippen molar-refractivity contribution in [2.45, 2.75) is 57.5 Å². The summed E-state index contributed by atoms with van der Waals surface area (Å²) >= 11 is 11.8. The molecule has 1 aliphatic heterocycles. The van der Waals surface area contributed by atoms with Gasteiger partial charge in [-0.05, 0) is 75.4 Å². The van der Waals surface area contributed by atoms with E-state index in [1.54, 1.807) is 6.20 Å². The van der Waals surface area contributed by atoms with E-state index in [0.29, 0.717) is 27.6 Å². The highest BCUT2D eigenvalue weighted by Gasteiger charge is 2.26. The van der Waals surface area contributed by atoms with E-state index >= 15 is 0 Å². The molecule has 0 bridgehead atoms. The van der Waals surface area contributed by atoms with Crippen molar-refractivity contribution in [3.63, 3.8) is 0 Å². The summed E-state index contributed by atoms with van der Waals surface area (Å²) in [7, 11) is 0. The second kappa shape index (κ2) is 11.8. The van der Waals surface area contributed by atoms with E-state index in [2.05, 4.69) is 26.3 Å². The van der Waals surface area contributed by atoms with Gasteiger partial charge in [0.1, 0.15) is 5.69 Å². The fraction of sp³-hybridized carbons (Fsp3) is 0.500. The van der Waals surface area contributed by atoms with E-state index in [0.717, 1.165) is 63.0 Å². The van der Waals surface area contributed by atoms with Crippen LogP contribution in [0.25, 0.3) is 0 Å². The largest absolute Gasteiger partial charge is 0.381 e. The number of nitrogens with zero attached hydrogens (tertiary/aromatic N) is 2. The van der Waals surface area contributed by atoms with Crippen LogP contribution < -0.4 is 27.0 Å². The molecule has 1 aliphatic carbocycles. The smallest absolute Gasteiger partial charge is 0.224 e. The number of nitrogens with one attached hydrogen (secondary N) is 4. The highest BCUT2D eigenvalue weighted by Crippen LogP contribution is 2.29. The fourth-order valence-electron chi connectivity index (χ4n) is 4.41. The molecule has 1 saturated heterocycles. The maximum absolute atomic E-state index is 11.5. The SMILES string of the molecule is Cc1c(Cl)cccc1NC(=S)Nc1cnc(NC2CCOCC2)nc1NC1CCC(C(N)=O)CC1. The molecule has 0 radical (unpaired) electrons. The van der Waals surface area contributed by atoms with Crippen LogP contribution in [0.3, 0.4) is 0 Å². The van der Waals surface area contributed by atoms with Gasteiger partial charge in [-0.2, -0.15) is 4.98 Å². The summed E-state index contributed by atoms with van der Waals surface area (Å²) < 4.78 is 5.45. The molecule has 0 spiro atoms. The summed E-state index contributed by atoms with van der Waals surface area (Å²) in [4.78, 5) is 20.8. The first kappa shape index (κ1) is 25.4. The van der Waals surface area contributed by atoms with Gasteiger partial charge in [-0.15, -0.1) is 0 Å². The van der Waals surface area contributed by atoms with Crippen molar-refractivity contribution in [2.75, 3.05) is 34.5 Å². The van der Waals surface area contributed by atoms with Gasteiger partial charge in [0.15, 0.2) is 10.9 Å². The number of ether oxygens (including phenoxy) is 1. The lowest BCUT2D eigenvalue weighted by Crippen LogP contribution is -2.33. The number of benzene rings is 1. The summed E-state index contributed by atoms with van der Waals surface area (Å²) in [6, 6.07) is 6.08. The number of thiocarbonyl (C=S) groups is 1. The molecule has 11 heteroatoms. The van der Waals surface area contributed by atoms with Crippen molar-refractivity contribution < 1.29 is 9.53 Å². The Kier molecular flexibility index (Phi) is 8.59. The first-order valence-electron chi connectivity index (χ1n) is 12.0. The molecule has 1 aromatic heterocycles. The normalized spacial score (nSPS) is 20.6. The number of hydrogen-bond donors (Lipinski definition) is 5. The Bertz CT molecular complexity index is 1060. The summed E-state index contributed by atoms with van der Waals surface area (Å²) in [6.45, 7) is 3.39. The van der Waals surface area contributed by atoms with E-state index in [-0.39, 0.29) is 23.9 Å². The minimum Gasteiger partial charge on any atom is -0.381 e. The summed E-state index contributed by atoms with van der Waals surface area (Å²) in [6.07, 6.45) is 6.76. The fourth-order valence-corrected chi connectivity index (χ4v) is 4.81. The maximum Gasteiger partial charge on any atom is 0.224 e. The Morgan fingerprint density at radius 2 is 1.74 bits per heavy atom. The summed E-state index contributed by atoms with van der Waals surface area (Å²) in [5.41, 5.74) is 7.90. The van der Waals surface area contributed by atoms with E-state index in [4.69, 9.17) is 39.3 Å². The lowest BCUT2D eigenvalue weighted by Gasteiger charge is -2.29. The van der Waals surface area contributed by atoms with Crippen molar-refractivity contribution in [3.05, 3.63) is 35.0 Å². The third-order valence-corrected chi connectivity index (χ3v) is 7.19. The van der Waals surface area contributed by atoms with Crippen molar-refractivity contribution >= 4 is 58.0 Å². The minimum absolute atomic E-state index is 0.0560. The molecule has 188 valence electrons. The molecule has 9 nitrogen and oxygen atoms in total. The lowest BCUT2D eigenvalue weighted by molar-refractivity contribution is -0.122. The Labute approximate surface area is 216 Å². The van der Waals surface area contributed by atoms with Crippen LogP contribution in [0.15, 0.2) is 24.4 Å². The van der Waals surface area contributed by atoms with Gasteiger partial charge in [0.25, 0.3) is 0 Å². The molecule has 1 aromatic carbocycles. The second-order valence-corrected chi connectivity index (χ2v) is 9.89. The zero-order chi connectivity index (χ0) is 24.8. The minimum atomic E-state index is -0.219. The number of primary amides is 1. The first-order chi connectivity index (χ1) is 16.9. The Morgan fingerprint density at radius 1 is 1.06 bits per heavy atom. The third-order valence-electron chi connectivity index (χ3n) is 6.58. The molecule has 2 aromatic rings. The number of hydrogen-bond acceptors (Lipinski definition) is 7. The Balaban J connectivity index is 1.48. The van der Waals surface area contributed by atoms with Crippen LogP contribution in [-0.2, 0) is 9.53 Å². The molecule has 0 unspecified atom stereocenters. The Hall–Kier alpha value is -2.69. The van der Waals surface area contributed by atoms with Crippen LogP contribution in [0.2, 0.25) is 5.02 Å². The van der Waals surface area contributed by atoms with Crippen LogP contribution in [0, 0.1) is 12.8 Å². The number of halogens is 1. The number of rotatable bonds is 7. The highest BCUT2D eigenvalue weighted by molar-refractivity contribution is 7.80. The van der Waals surface area contributed by atoms with E-state index in [1.807, 2.05) is 25.1 Å². The highest BCUT2D eigenvalue weighted by atomic mass is 35.5. The number of amides is 1. The number of anilines is 4. The van der Waals surface area contributed by atoms with Gasteiger partial charge in [-0.3, -0.25) is 4.79 Å². The molecule has 1 saturated carbocycles. The second-order valence-electron chi connectivity index (χ2n) is 9.07. The van der Waals surface area contributed by atoms with Crippen molar-refractivity contribution in [3.8, 4) is 0 Å². The van der Waals surface area contributed by atoms with Gasteiger partial charge in [0, 0.05) is 41.9 Å². The molecule has 2 fully saturated rings. The van der Waals surface area contributed by atoms with Gasteiger partial charge < -0.3 is 31.7 Å². The van der Waals surface area contributed by atoms with Crippen LogP contribution in [-0.4, -0.2) is 46.3 Å². The van der Waals surface area contributed by atoms with Crippen LogP contribution in [0.5, 0.6) is 0 Å². The van der Waals surface area contributed by atoms with Crippen LogP contribution in [0.1, 0.15) is 44.1 Å². The van der Waals surface area contributed by atoms with Gasteiger partial charge in [0.2, 0.25) is 11.9 Å². The number of carbonyl (C=O) groups is 1. The average molecular weight is 518 g/mol. The molecule has 2 heterocycles. The molecular formula is C24H32ClN7O2S. The summed E-state index contributed by atoms with van der Waals surface area (Å²) in [5.74, 6) is 0.937. The maximum atomic E-state index is 11.5. The van der Waals surface area contributed by atoms with Crippen molar-refractivity contribution in [1.82, 2.24) is 9.97 Å². The standard InChI is InChI=1S/C24H32ClN7O2S/c1-14-18(25)3-2-4-19(14)30-24(35)31-20-13-27-23(29-17-9-11-34-12-10-17)32-22(20)28-16-7-5-15(6-8-16)21(26)33/h2-4,13,15-17H,5-12H2,1H3,(H2,26,33)(H2,30,31,35)(H2,27,28,29,32). The zero-order valence-electron chi connectivity index (χ0n) is 19.8. The lowest BCUT2D eigenvalue weighted by atomic mass is 9.85.